The number of pyridine rings is 1. The van der Waals surface area contributed by atoms with Gasteiger partial charge in [0, 0.05) is 35.5 Å². The minimum absolute atomic E-state index is 0.210. The van der Waals surface area contributed by atoms with Crippen molar-refractivity contribution >= 4 is 40.4 Å². The van der Waals surface area contributed by atoms with E-state index in [-0.39, 0.29) is 18.5 Å². The van der Waals surface area contributed by atoms with Crippen molar-refractivity contribution in [1.29, 1.82) is 0 Å². The maximum absolute atomic E-state index is 12.2. The highest BCUT2D eigenvalue weighted by atomic mass is 35.5. The Morgan fingerprint density at radius 2 is 2.05 bits per heavy atom. The summed E-state index contributed by atoms with van der Waals surface area (Å²) in [5.74, 6) is 1.64. The summed E-state index contributed by atoms with van der Waals surface area (Å²) in [6.07, 6.45) is 5.24. The molecule has 1 amide bonds. The monoisotopic (exact) mass is 524 g/mol. The molecule has 2 aliphatic rings. The first-order valence-corrected chi connectivity index (χ1v) is 12.7. The average molecular weight is 525 g/mol. The lowest BCUT2D eigenvalue weighted by Crippen LogP contribution is -2.25. The predicted molar refractivity (Wildman–Crippen MR) is 139 cm³/mol. The van der Waals surface area contributed by atoms with Crippen molar-refractivity contribution in [3.63, 3.8) is 0 Å². The zero-order chi connectivity index (χ0) is 26.0. The fourth-order valence-electron chi connectivity index (χ4n) is 4.35. The van der Waals surface area contributed by atoms with Crippen LogP contribution in [0.5, 0.6) is 17.2 Å². The molecule has 2 heterocycles. The van der Waals surface area contributed by atoms with Crippen molar-refractivity contribution < 1.29 is 28.5 Å². The SMILES string of the molecule is CC1(C)OC[C@@H](COc2cc3nccc(Oc4ccc(CC(=O)CC5CC5)c(Cl)c4)c3cc2NC=O)O1. The van der Waals surface area contributed by atoms with Gasteiger partial charge in [0.2, 0.25) is 6.41 Å². The molecule has 5 rings (SSSR count). The maximum Gasteiger partial charge on any atom is 0.211 e. The number of nitrogens with one attached hydrogen (secondary N) is 1. The predicted octanol–water partition coefficient (Wildman–Crippen LogP) is 5.69. The number of carbonyl (C=O) groups excluding carboxylic acids is 2. The molecule has 8 nitrogen and oxygen atoms in total. The van der Waals surface area contributed by atoms with Crippen LogP contribution in [0.4, 0.5) is 5.69 Å². The molecule has 194 valence electrons. The Hall–Kier alpha value is -3.20. The van der Waals surface area contributed by atoms with Gasteiger partial charge < -0.3 is 24.3 Å². The van der Waals surface area contributed by atoms with E-state index in [9.17, 15) is 9.59 Å². The number of hydrogen-bond donors (Lipinski definition) is 1. The van der Waals surface area contributed by atoms with Crippen LogP contribution >= 0.6 is 11.6 Å². The van der Waals surface area contributed by atoms with Gasteiger partial charge in [-0.25, -0.2) is 0 Å². The number of Topliss-reactive ketones (excluding diaryl/α,β-unsaturated/α-hetero) is 1. The standard InChI is InChI=1S/C28H29ClN2O6/c1-28(2)35-15-21(37-28)14-34-27-13-24-22(12-25(27)31-16-32)26(7-8-30-24)36-20-6-5-18(23(29)11-20)10-19(33)9-17-3-4-17/h5-8,11-13,16-17,21H,3-4,9-10,14-15H2,1-2H3,(H,31,32)/t21-/m1/s1. The van der Waals surface area contributed by atoms with Crippen molar-refractivity contribution in [2.24, 2.45) is 5.92 Å². The first-order valence-electron chi connectivity index (χ1n) is 12.3. The van der Waals surface area contributed by atoms with E-state index in [1.54, 1.807) is 36.5 Å². The van der Waals surface area contributed by atoms with Crippen molar-refractivity contribution in [3.05, 3.63) is 53.2 Å². The largest absolute Gasteiger partial charge is 0.489 e. The second kappa shape index (κ2) is 10.7. The number of halogens is 1. The van der Waals surface area contributed by atoms with Gasteiger partial charge in [-0.05, 0) is 62.4 Å². The lowest BCUT2D eigenvalue weighted by Gasteiger charge is -2.18. The molecule has 1 saturated heterocycles. The number of benzene rings is 2. The van der Waals surface area contributed by atoms with Crippen molar-refractivity contribution in [1.82, 2.24) is 4.98 Å². The van der Waals surface area contributed by atoms with E-state index in [1.165, 1.54) is 0 Å². The Kier molecular flexibility index (Phi) is 7.33. The number of carbonyl (C=O) groups is 2. The lowest BCUT2D eigenvalue weighted by molar-refractivity contribution is -0.141. The number of ether oxygens (including phenoxy) is 4. The molecule has 1 atom stereocenters. The first-order chi connectivity index (χ1) is 17.8. The van der Waals surface area contributed by atoms with Gasteiger partial charge in [0.15, 0.2) is 5.79 Å². The second-order valence-corrected chi connectivity index (χ2v) is 10.3. The zero-order valence-corrected chi connectivity index (χ0v) is 21.5. The van der Waals surface area contributed by atoms with E-state index in [1.807, 2.05) is 19.9 Å². The highest BCUT2D eigenvalue weighted by molar-refractivity contribution is 6.31. The topological polar surface area (TPSA) is 96.0 Å². The van der Waals surface area contributed by atoms with E-state index in [0.717, 1.165) is 18.4 Å². The van der Waals surface area contributed by atoms with Crippen LogP contribution in [0.3, 0.4) is 0 Å². The van der Waals surface area contributed by atoms with Gasteiger partial charge >= 0.3 is 0 Å². The lowest BCUT2D eigenvalue weighted by atomic mass is 10.0. The van der Waals surface area contributed by atoms with E-state index >= 15 is 0 Å². The Morgan fingerprint density at radius 1 is 1.22 bits per heavy atom. The van der Waals surface area contributed by atoms with E-state index in [0.29, 0.717) is 70.6 Å². The second-order valence-electron chi connectivity index (χ2n) is 9.92. The van der Waals surface area contributed by atoms with Crippen LogP contribution < -0.4 is 14.8 Å². The third-order valence-corrected chi connectivity index (χ3v) is 6.71. The van der Waals surface area contributed by atoms with Gasteiger partial charge in [-0.3, -0.25) is 14.6 Å². The summed E-state index contributed by atoms with van der Waals surface area (Å²) in [6, 6.07) is 10.6. The van der Waals surface area contributed by atoms with Gasteiger partial charge in [0.25, 0.3) is 0 Å². The fourth-order valence-corrected chi connectivity index (χ4v) is 4.59. The molecule has 1 saturated carbocycles. The molecule has 1 aliphatic carbocycles. The van der Waals surface area contributed by atoms with E-state index in [4.69, 9.17) is 30.5 Å². The molecule has 0 bridgehead atoms. The quantitative estimate of drug-likeness (QED) is 0.322. The summed E-state index contributed by atoms with van der Waals surface area (Å²) < 4.78 is 23.5. The van der Waals surface area contributed by atoms with Gasteiger partial charge in [-0.15, -0.1) is 0 Å². The number of aromatic nitrogens is 1. The molecule has 2 fully saturated rings. The summed E-state index contributed by atoms with van der Waals surface area (Å²) in [5.41, 5.74) is 1.89. The third-order valence-electron chi connectivity index (χ3n) is 6.36. The molecule has 9 heteroatoms. The number of rotatable bonds is 11. The fraction of sp³-hybridized carbons (Fsp3) is 0.393. The number of fused-ring (bicyclic) bond motifs is 1. The molecule has 0 unspecified atom stereocenters. The van der Waals surface area contributed by atoms with Crippen LogP contribution in [0.1, 0.15) is 38.7 Å². The van der Waals surface area contributed by atoms with Crippen molar-refractivity contribution in [3.8, 4) is 17.2 Å². The summed E-state index contributed by atoms with van der Waals surface area (Å²) >= 11 is 6.47. The number of ketones is 1. The Morgan fingerprint density at radius 3 is 2.76 bits per heavy atom. The Balaban J connectivity index is 1.34. The summed E-state index contributed by atoms with van der Waals surface area (Å²) in [5, 5.41) is 3.86. The molecule has 0 spiro atoms. The van der Waals surface area contributed by atoms with Gasteiger partial charge in [-0.1, -0.05) is 17.7 Å². The minimum Gasteiger partial charge on any atom is -0.489 e. The molecular weight excluding hydrogens is 496 g/mol. The molecule has 1 aromatic heterocycles. The van der Waals surface area contributed by atoms with Crippen molar-refractivity contribution in [2.45, 2.75) is 51.4 Å². The number of hydrogen-bond acceptors (Lipinski definition) is 7. The van der Waals surface area contributed by atoms with Crippen LogP contribution in [0.2, 0.25) is 5.02 Å². The molecule has 3 aromatic rings. The van der Waals surface area contributed by atoms with E-state index < -0.39 is 5.79 Å². The third kappa shape index (κ3) is 6.39. The van der Waals surface area contributed by atoms with Crippen LogP contribution in [0.15, 0.2) is 42.6 Å². The number of anilines is 1. The molecule has 2 aromatic carbocycles. The summed E-state index contributed by atoms with van der Waals surface area (Å²) in [6.45, 7) is 4.38. The van der Waals surface area contributed by atoms with Gasteiger partial charge in [0.05, 0.1) is 17.8 Å². The number of amides is 1. The zero-order valence-electron chi connectivity index (χ0n) is 20.8. The molecular formula is C28H29ClN2O6. The Labute approximate surface area is 220 Å². The minimum atomic E-state index is -0.650. The normalized spacial score (nSPS) is 18.5. The van der Waals surface area contributed by atoms with Gasteiger partial charge in [-0.2, -0.15) is 0 Å². The Bertz CT molecular complexity index is 1320. The molecule has 37 heavy (non-hydrogen) atoms. The smallest absolute Gasteiger partial charge is 0.211 e. The highest BCUT2D eigenvalue weighted by Crippen LogP contribution is 2.37. The van der Waals surface area contributed by atoms with Crippen LogP contribution in [-0.2, 0) is 25.5 Å². The van der Waals surface area contributed by atoms with Crippen LogP contribution in [0, 0.1) is 5.92 Å². The molecule has 1 aliphatic heterocycles. The molecule has 1 N–H and O–H groups in total. The number of nitrogens with zero attached hydrogens (tertiary/aromatic N) is 1. The van der Waals surface area contributed by atoms with Crippen molar-refractivity contribution in [2.75, 3.05) is 18.5 Å². The van der Waals surface area contributed by atoms with Crippen LogP contribution in [0.25, 0.3) is 10.9 Å². The van der Waals surface area contributed by atoms with Crippen LogP contribution in [-0.4, -0.2) is 42.3 Å². The summed E-state index contributed by atoms with van der Waals surface area (Å²) in [4.78, 5) is 28.0. The highest BCUT2D eigenvalue weighted by Gasteiger charge is 2.33. The molecule has 0 radical (unpaired) electrons. The van der Waals surface area contributed by atoms with Gasteiger partial charge in [0.1, 0.15) is 35.7 Å². The average Bonchev–Trinajstić information content (AvgIpc) is 3.60. The summed E-state index contributed by atoms with van der Waals surface area (Å²) in [7, 11) is 0. The van der Waals surface area contributed by atoms with E-state index in [2.05, 4.69) is 10.3 Å². The first kappa shape index (κ1) is 25.4. The maximum atomic E-state index is 12.2.